The second-order valence-electron chi connectivity index (χ2n) is 7.54. The first kappa shape index (κ1) is 19.6. The van der Waals surface area contributed by atoms with Gasteiger partial charge in [-0.15, -0.1) is 0 Å². The lowest BCUT2D eigenvalue weighted by Crippen LogP contribution is -2.43. The molecule has 0 aliphatic carbocycles. The highest BCUT2D eigenvalue weighted by atomic mass is 16.7. The SMILES string of the molecule is CCC1OCC(CC)(C(O)=C(Cc2cccc3ccccc23)n2cncn2)CO1. The fourth-order valence-corrected chi connectivity index (χ4v) is 3.89. The molecule has 0 saturated carbocycles. The van der Waals surface area contributed by atoms with E-state index in [4.69, 9.17) is 9.47 Å². The van der Waals surface area contributed by atoms with E-state index in [1.165, 1.54) is 11.7 Å². The first-order valence-electron chi connectivity index (χ1n) is 10.1. The molecular weight excluding hydrogens is 366 g/mol. The fraction of sp³-hybridized carbons (Fsp3) is 0.391. The van der Waals surface area contributed by atoms with Crippen LogP contribution in [0, 0.1) is 5.41 Å². The molecule has 2 aromatic carbocycles. The minimum Gasteiger partial charge on any atom is -0.510 e. The summed E-state index contributed by atoms with van der Waals surface area (Å²) in [5.74, 6) is 0.257. The molecule has 2 heterocycles. The van der Waals surface area contributed by atoms with E-state index in [1.807, 2.05) is 32.0 Å². The molecule has 0 unspecified atom stereocenters. The third kappa shape index (κ3) is 3.78. The molecule has 152 valence electrons. The predicted molar refractivity (Wildman–Crippen MR) is 112 cm³/mol. The highest BCUT2D eigenvalue weighted by molar-refractivity contribution is 5.86. The van der Waals surface area contributed by atoms with E-state index >= 15 is 0 Å². The van der Waals surface area contributed by atoms with Crippen LogP contribution < -0.4 is 0 Å². The van der Waals surface area contributed by atoms with Crippen LogP contribution in [0.4, 0.5) is 0 Å². The lowest BCUT2D eigenvalue weighted by molar-refractivity contribution is -0.227. The number of rotatable bonds is 6. The first-order valence-corrected chi connectivity index (χ1v) is 10.1. The summed E-state index contributed by atoms with van der Waals surface area (Å²) in [6.07, 6.45) is 4.90. The molecule has 1 aliphatic rings. The summed E-state index contributed by atoms with van der Waals surface area (Å²) in [4.78, 5) is 4.09. The van der Waals surface area contributed by atoms with Gasteiger partial charge in [-0.05, 0) is 29.2 Å². The van der Waals surface area contributed by atoms with Crippen LogP contribution in [-0.4, -0.2) is 39.4 Å². The fourth-order valence-electron chi connectivity index (χ4n) is 3.89. The van der Waals surface area contributed by atoms with Gasteiger partial charge in [-0.3, -0.25) is 0 Å². The third-order valence-corrected chi connectivity index (χ3v) is 5.81. The molecule has 0 amide bonds. The molecule has 0 spiro atoms. The maximum absolute atomic E-state index is 11.5. The minimum atomic E-state index is -0.600. The average molecular weight is 393 g/mol. The molecule has 0 atom stereocenters. The zero-order chi connectivity index (χ0) is 20.3. The topological polar surface area (TPSA) is 69.4 Å². The molecule has 0 bridgehead atoms. The lowest BCUT2D eigenvalue weighted by atomic mass is 9.82. The van der Waals surface area contributed by atoms with Crippen LogP contribution in [0.3, 0.4) is 0 Å². The minimum absolute atomic E-state index is 0.213. The molecule has 1 saturated heterocycles. The molecule has 1 aliphatic heterocycles. The maximum Gasteiger partial charge on any atom is 0.157 e. The van der Waals surface area contributed by atoms with Crippen LogP contribution in [-0.2, 0) is 15.9 Å². The predicted octanol–water partition coefficient (Wildman–Crippen LogP) is 4.58. The Hall–Kier alpha value is -2.70. The Morgan fingerprint density at radius 3 is 2.59 bits per heavy atom. The number of ether oxygens (including phenoxy) is 2. The molecule has 1 aromatic heterocycles. The summed E-state index contributed by atoms with van der Waals surface area (Å²) in [5, 5.41) is 18.1. The van der Waals surface area contributed by atoms with E-state index in [-0.39, 0.29) is 12.0 Å². The zero-order valence-corrected chi connectivity index (χ0v) is 16.9. The number of aliphatic hydroxyl groups excluding tert-OH is 1. The van der Waals surface area contributed by atoms with Crippen LogP contribution >= 0.6 is 0 Å². The summed E-state index contributed by atoms with van der Waals surface area (Å²) in [6.45, 7) is 4.91. The number of allylic oxidation sites excluding steroid dienone is 1. The number of hydrogen-bond acceptors (Lipinski definition) is 5. The molecule has 6 nitrogen and oxygen atoms in total. The molecule has 4 rings (SSSR count). The number of benzene rings is 2. The summed E-state index contributed by atoms with van der Waals surface area (Å²) in [5.41, 5.74) is 1.22. The van der Waals surface area contributed by atoms with Gasteiger partial charge in [-0.2, -0.15) is 5.10 Å². The Kier molecular flexibility index (Phi) is 5.65. The van der Waals surface area contributed by atoms with Gasteiger partial charge < -0.3 is 14.6 Å². The number of aliphatic hydroxyl groups is 1. The molecule has 0 radical (unpaired) electrons. The van der Waals surface area contributed by atoms with Crippen LogP contribution in [0.15, 0.2) is 60.9 Å². The van der Waals surface area contributed by atoms with Crippen molar-refractivity contribution in [3.05, 3.63) is 66.4 Å². The Labute approximate surface area is 170 Å². The van der Waals surface area contributed by atoms with Crippen LogP contribution in [0.2, 0.25) is 0 Å². The first-order chi connectivity index (χ1) is 14.2. The van der Waals surface area contributed by atoms with Gasteiger partial charge in [-0.1, -0.05) is 56.3 Å². The average Bonchev–Trinajstić information content (AvgIpc) is 3.31. The Morgan fingerprint density at radius 2 is 1.90 bits per heavy atom. The van der Waals surface area contributed by atoms with Gasteiger partial charge in [-0.25, -0.2) is 9.67 Å². The van der Waals surface area contributed by atoms with Gasteiger partial charge in [0, 0.05) is 6.42 Å². The van der Waals surface area contributed by atoms with Crippen molar-refractivity contribution in [2.24, 2.45) is 5.41 Å². The van der Waals surface area contributed by atoms with Crippen LogP contribution in [0.25, 0.3) is 16.5 Å². The van der Waals surface area contributed by atoms with Crippen molar-refractivity contribution in [2.45, 2.75) is 39.4 Å². The van der Waals surface area contributed by atoms with E-state index in [0.717, 1.165) is 17.4 Å². The van der Waals surface area contributed by atoms with Crippen LogP contribution in [0.5, 0.6) is 0 Å². The molecule has 1 N–H and O–H groups in total. The monoisotopic (exact) mass is 393 g/mol. The Bertz CT molecular complexity index is 984. The smallest absolute Gasteiger partial charge is 0.157 e. The number of fused-ring (bicyclic) bond motifs is 1. The normalized spacial score (nSPS) is 23.2. The van der Waals surface area contributed by atoms with Crippen molar-refractivity contribution in [2.75, 3.05) is 13.2 Å². The van der Waals surface area contributed by atoms with E-state index in [0.29, 0.717) is 31.8 Å². The van der Waals surface area contributed by atoms with Gasteiger partial charge >= 0.3 is 0 Å². The van der Waals surface area contributed by atoms with E-state index in [2.05, 4.69) is 34.3 Å². The summed E-state index contributed by atoms with van der Waals surface area (Å²) in [6, 6.07) is 14.5. The van der Waals surface area contributed by atoms with Crippen molar-refractivity contribution in [1.29, 1.82) is 0 Å². The molecular formula is C23H27N3O3. The second kappa shape index (κ2) is 8.35. The van der Waals surface area contributed by atoms with Gasteiger partial charge in [0.15, 0.2) is 6.29 Å². The number of aromatic nitrogens is 3. The van der Waals surface area contributed by atoms with E-state index in [9.17, 15) is 5.11 Å². The lowest BCUT2D eigenvalue weighted by Gasteiger charge is -2.39. The molecule has 1 fully saturated rings. The Balaban J connectivity index is 1.78. The van der Waals surface area contributed by atoms with Crippen molar-refractivity contribution < 1.29 is 14.6 Å². The van der Waals surface area contributed by atoms with Crippen LogP contribution in [0.1, 0.15) is 32.3 Å². The highest BCUT2D eigenvalue weighted by Crippen LogP contribution is 2.38. The number of nitrogens with zero attached hydrogens (tertiary/aromatic N) is 3. The summed E-state index contributed by atoms with van der Waals surface area (Å²) >= 11 is 0. The molecule has 6 heteroatoms. The van der Waals surface area contributed by atoms with Crippen molar-refractivity contribution in [3.8, 4) is 0 Å². The largest absolute Gasteiger partial charge is 0.510 e. The third-order valence-electron chi connectivity index (χ3n) is 5.81. The molecule has 3 aromatic rings. The van der Waals surface area contributed by atoms with Gasteiger partial charge in [0.05, 0.1) is 24.3 Å². The maximum atomic E-state index is 11.5. The van der Waals surface area contributed by atoms with E-state index in [1.54, 1.807) is 11.0 Å². The second-order valence-corrected chi connectivity index (χ2v) is 7.54. The summed E-state index contributed by atoms with van der Waals surface area (Å²) in [7, 11) is 0. The summed E-state index contributed by atoms with van der Waals surface area (Å²) < 4.78 is 13.4. The van der Waals surface area contributed by atoms with Crippen molar-refractivity contribution >= 4 is 16.5 Å². The van der Waals surface area contributed by atoms with Crippen molar-refractivity contribution in [3.63, 3.8) is 0 Å². The van der Waals surface area contributed by atoms with Gasteiger partial charge in [0.1, 0.15) is 18.4 Å². The molecule has 29 heavy (non-hydrogen) atoms. The number of hydrogen-bond donors (Lipinski definition) is 1. The standard InChI is InChI=1S/C23H27N3O3/c1-3-21-28-13-23(4-2,14-29-21)22(27)20(26-16-24-15-25-26)12-18-10-7-9-17-8-5-6-11-19(17)18/h5-11,15-16,21,27H,3-4,12-14H2,1-2H3. The zero-order valence-electron chi connectivity index (χ0n) is 16.9. The quantitative estimate of drug-likeness (QED) is 0.621. The van der Waals surface area contributed by atoms with E-state index < -0.39 is 5.41 Å². The van der Waals surface area contributed by atoms with Gasteiger partial charge in [0.2, 0.25) is 0 Å². The highest BCUT2D eigenvalue weighted by Gasteiger charge is 2.41. The van der Waals surface area contributed by atoms with Crippen molar-refractivity contribution in [1.82, 2.24) is 14.8 Å². The Morgan fingerprint density at radius 1 is 1.14 bits per heavy atom. The van der Waals surface area contributed by atoms with Gasteiger partial charge in [0.25, 0.3) is 0 Å².